The highest BCUT2D eigenvalue weighted by atomic mass is 35.5. The average molecular weight is 313 g/mol. The van der Waals surface area contributed by atoms with Crippen LogP contribution in [0.1, 0.15) is 28.7 Å². The summed E-state index contributed by atoms with van der Waals surface area (Å²) in [7, 11) is 0. The highest BCUT2D eigenvalue weighted by molar-refractivity contribution is 6.33. The van der Waals surface area contributed by atoms with Crippen molar-refractivity contribution in [3.05, 3.63) is 46.4 Å². The van der Waals surface area contributed by atoms with Crippen molar-refractivity contribution in [2.45, 2.75) is 18.7 Å². The SMILES string of the molecule is Cc1occc1C(Cl)c1cc2c(cc1Cl)OCCCO2. The normalized spacial score (nSPS) is 15.8. The van der Waals surface area contributed by atoms with Gasteiger partial charge >= 0.3 is 0 Å². The first-order chi connectivity index (χ1) is 9.66. The monoisotopic (exact) mass is 312 g/mol. The summed E-state index contributed by atoms with van der Waals surface area (Å²) in [4.78, 5) is 0. The molecule has 0 radical (unpaired) electrons. The Balaban J connectivity index is 2.01. The molecular weight excluding hydrogens is 299 g/mol. The van der Waals surface area contributed by atoms with Crippen molar-refractivity contribution in [3.8, 4) is 11.5 Å². The second kappa shape index (κ2) is 5.58. The second-order valence-corrected chi connectivity index (χ2v) is 5.51. The molecule has 2 heterocycles. The minimum Gasteiger partial charge on any atom is -0.490 e. The lowest BCUT2D eigenvalue weighted by Gasteiger charge is -2.15. The van der Waals surface area contributed by atoms with Crippen LogP contribution in [-0.4, -0.2) is 13.2 Å². The summed E-state index contributed by atoms with van der Waals surface area (Å²) in [5.74, 6) is 2.14. The van der Waals surface area contributed by atoms with E-state index >= 15 is 0 Å². The zero-order chi connectivity index (χ0) is 14.1. The summed E-state index contributed by atoms with van der Waals surface area (Å²) in [6.07, 6.45) is 2.48. The Kier molecular flexibility index (Phi) is 3.81. The molecule has 0 bridgehead atoms. The molecule has 1 aliphatic heterocycles. The van der Waals surface area contributed by atoms with Crippen LogP contribution in [0.4, 0.5) is 0 Å². The molecule has 0 saturated carbocycles. The summed E-state index contributed by atoms with van der Waals surface area (Å²) < 4.78 is 16.6. The minimum absolute atomic E-state index is 0.376. The quantitative estimate of drug-likeness (QED) is 0.751. The molecular formula is C15H14Cl2O3. The van der Waals surface area contributed by atoms with Gasteiger partial charge in [-0.15, -0.1) is 11.6 Å². The minimum atomic E-state index is -0.376. The fourth-order valence-corrected chi connectivity index (χ4v) is 2.94. The highest BCUT2D eigenvalue weighted by Gasteiger charge is 2.22. The summed E-state index contributed by atoms with van der Waals surface area (Å²) in [5.41, 5.74) is 1.70. The van der Waals surface area contributed by atoms with Gasteiger partial charge < -0.3 is 13.9 Å². The molecule has 0 saturated heterocycles. The van der Waals surface area contributed by atoms with E-state index in [9.17, 15) is 0 Å². The van der Waals surface area contributed by atoms with Gasteiger partial charge in [-0.05, 0) is 24.6 Å². The number of furan rings is 1. The molecule has 5 heteroatoms. The predicted octanol–water partition coefficient (Wildman–Crippen LogP) is 4.73. The zero-order valence-corrected chi connectivity index (χ0v) is 12.5. The van der Waals surface area contributed by atoms with E-state index in [0.717, 1.165) is 23.3 Å². The van der Waals surface area contributed by atoms with E-state index < -0.39 is 0 Å². The van der Waals surface area contributed by atoms with Crippen LogP contribution >= 0.6 is 23.2 Å². The first-order valence-corrected chi connectivity index (χ1v) is 7.25. The van der Waals surface area contributed by atoms with Gasteiger partial charge in [0.1, 0.15) is 5.76 Å². The second-order valence-electron chi connectivity index (χ2n) is 4.67. The Morgan fingerprint density at radius 2 is 1.80 bits per heavy atom. The van der Waals surface area contributed by atoms with Gasteiger partial charge in [-0.25, -0.2) is 0 Å². The number of aryl methyl sites for hydroxylation is 1. The fourth-order valence-electron chi connectivity index (χ4n) is 2.22. The molecule has 0 amide bonds. The van der Waals surface area contributed by atoms with Gasteiger partial charge in [0.05, 0.1) is 24.9 Å². The van der Waals surface area contributed by atoms with Gasteiger partial charge in [0.25, 0.3) is 0 Å². The van der Waals surface area contributed by atoms with E-state index in [1.165, 1.54) is 0 Å². The molecule has 20 heavy (non-hydrogen) atoms. The standard InChI is InChI=1S/C15H14Cl2O3/c1-9-10(3-6-18-9)15(17)11-7-13-14(8-12(11)16)20-5-2-4-19-13/h3,6-8,15H,2,4-5H2,1H3. The molecule has 3 nitrogen and oxygen atoms in total. The van der Waals surface area contributed by atoms with Crippen molar-refractivity contribution in [2.75, 3.05) is 13.2 Å². The van der Waals surface area contributed by atoms with Crippen molar-refractivity contribution in [2.24, 2.45) is 0 Å². The van der Waals surface area contributed by atoms with Crippen LogP contribution < -0.4 is 9.47 Å². The highest BCUT2D eigenvalue weighted by Crippen LogP contribution is 2.42. The number of hydrogen-bond acceptors (Lipinski definition) is 3. The first kappa shape index (κ1) is 13.7. The number of hydrogen-bond donors (Lipinski definition) is 0. The molecule has 1 unspecified atom stereocenters. The van der Waals surface area contributed by atoms with Gasteiger partial charge in [-0.3, -0.25) is 0 Å². The largest absolute Gasteiger partial charge is 0.490 e. The van der Waals surface area contributed by atoms with Crippen LogP contribution in [0.15, 0.2) is 28.9 Å². The summed E-state index contributed by atoms with van der Waals surface area (Å²) in [6, 6.07) is 5.47. The maximum absolute atomic E-state index is 6.53. The van der Waals surface area contributed by atoms with Gasteiger partial charge in [-0.2, -0.15) is 0 Å². The van der Waals surface area contributed by atoms with Gasteiger partial charge in [-0.1, -0.05) is 11.6 Å². The molecule has 2 aromatic rings. The van der Waals surface area contributed by atoms with Crippen molar-refractivity contribution >= 4 is 23.2 Å². The maximum Gasteiger partial charge on any atom is 0.162 e. The zero-order valence-electron chi connectivity index (χ0n) is 11.0. The summed E-state index contributed by atoms with van der Waals surface area (Å²) >= 11 is 12.9. The number of benzene rings is 1. The van der Waals surface area contributed by atoms with E-state index in [1.54, 1.807) is 12.3 Å². The van der Waals surface area contributed by atoms with Gasteiger partial charge in [0, 0.05) is 23.1 Å². The summed E-state index contributed by atoms with van der Waals surface area (Å²) in [5, 5.41) is 0.188. The van der Waals surface area contributed by atoms with E-state index in [0.29, 0.717) is 29.7 Å². The molecule has 1 aromatic heterocycles. The van der Waals surface area contributed by atoms with Crippen LogP contribution in [0.3, 0.4) is 0 Å². The Hall–Kier alpha value is -1.32. The maximum atomic E-state index is 6.53. The number of alkyl halides is 1. The third-order valence-electron chi connectivity index (χ3n) is 3.31. The average Bonchev–Trinajstić information content (AvgIpc) is 2.72. The van der Waals surface area contributed by atoms with Gasteiger partial charge in [0.2, 0.25) is 0 Å². The molecule has 1 aromatic carbocycles. The van der Waals surface area contributed by atoms with Crippen LogP contribution in [0, 0.1) is 6.92 Å². The first-order valence-electron chi connectivity index (χ1n) is 6.44. The molecule has 1 aliphatic rings. The van der Waals surface area contributed by atoms with Crippen molar-refractivity contribution < 1.29 is 13.9 Å². The molecule has 0 fully saturated rings. The predicted molar refractivity (Wildman–Crippen MR) is 78.2 cm³/mol. The Labute approximate surface area is 127 Å². The number of fused-ring (bicyclic) bond motifs is 1. The number of rotatable bonds is 2. The third-order valence-corrected chi connectivity index (χ3v) is 4.11. The Morgan fingerprint density at radius 1 is 1.10 bits per heavy atom. The van der Waals surface area contributed by atoms with E-state index in [2.05, 4.69) is 0 Å². The lowest BCUT2D eigenvalue weighted by atomic mass is 10.0. The van der Waals surface area contributed by atoms with Crippen LogP contribution in [0.5, 0.6) is 11.5 Å². The van der Waals surface area contributed by atoms with E-state index in [-0.39, 0.29) is 5.38 Å². The van der Waals surface area contributed by atoms with E-state index in [1.807, 2.05) is 19.1 Å². The topological polar surface area (TPSA) is 31.6 Å². The summed E-state index contributed by atoms with van der Waals surface area (Å²) in [6.45, 7) is 3.14. The van der Waals surface area contributed by atoms with Gasteiger partial charge in [0.15, 0.2) is 11.5 Å². The smallest absolute Gasteiger partial charge is 0.162 e. The fraction of sp³-hybridized carbons (Fsp3) is 0.333. The van der Waals surface area contributed by atoms with E-state index in [4.69, 9.17) is 37.1 Å². The lowest BCUT2D eigenvalue weighted by molar-refractivity contribution is 0.297. The molecule has 0 spiro atoms. The molecule has 0 aliphatic carbocycles. The van der Waals surface area contributed by atoms with Crippen LogP contribution in [-0.2, 0) is 0 Å². The third kappa shape index (κ3) is 2.48. The Morgan fingerprint density at radius 3 is 2.45 bits per heavy atom. The molecule has 0 N–H and O–H groups in total. The molecule has 106 valence electrons. The van der Waals surface area contributed by atoms with Crippen molar-refractivity contribution in [3.63, 3.8) is 0 Å². The van der Waals surface area contributed by atoms with Crippen molar-refractivity contribution in [1.82, 2.24) is 0 Å². The molecule has 1 atom stereocenters. The molecule has 3 rings (SSSR count). The van der Waals surface area contributed by atoms with Crippen molar-refractivity contribution in [1.29, 1.82) is 0 Å². The Bertz CT molecular complexity index is 622. The number of ether oxygens (including phenoxy) is 2. The van der Waals surface area contributed by atoms with Crippen LogP contribution in [0.25, 0.3) is 0 Å². The lowest BCUT2D eigenvalue weighted by Crippen LogP contribution is -1.98. The number of halogens is 2. The van der Waals surface area contributed by atoms with Crippen LogP contribution in [0.2, 0.25) is 5.02 Å².